The van der Waals surface area contributed by atoms with E-state index >= 15 is 0 Å². The van der Waals surface area contributed by atoms with E-state index in [2.05, 4.69) is 54.0 Å². The fourth-order valence-corrected chi connectivity index (χ4v) is 4.83. The molecular formula is C31H35N3O3. The molecule has 2 amide bonds. The number of nitrogens with one attached hydrogen (secondary N) is 2. The molecular weight excluding hydrogens is 462 g/mol. The number of carbonyl (C=O) groups is 2. The molecule has 1 heterocycles. The zero-order valence-electron chi connectivity index (χ0n) is 21.6. The maximum absolute atomic E-state index is 13.4. The second-order valence-electron chi connectivity index (χ2n) is 10.2. The molecule has 5 rings (SSSR count). The second-order valence-corrected chi connectivity index (χ2v) is 10.2. The lowest BCUT2D eigenvalue weighted by atomic mass is 9.97. The number of likely N-dealkylation sites (tertiary alicyclic amines) is 1. The Morgan fingerprint density at radius 1 is 0.973 bits per heavy atom. The van der Waals surface area contributed by atoms with Gasteiger partial charge in [-0.3, -0.25) is 4.79 Å². The minimum absolute atomic E-state index is 0.0569. The van der Waals surface area contributed by atoms with Gasteiger partial charge in [0.05, 0.1) is 18.2 Å². The van der Waals surface area contributed by atoms with Gasteiger partial charge in [-0.05, 0) is 66.6 Å². The Balaban J connectivity index is 1.22. The molecule has 6 nitrogen and oxygen atoms in total. The monoisotopic (exact) mass is 497 g/mol. The van der Waals surface area contributed by atoms with Crippen LogP contribution in [0.25, 0.3) is 11.1 Å². The molecule has 1 saturated carbocycles. The Labute approximate surface area is 219 Å². The maximum atomic E-state index is 13.4. The van der Waals surface area contributed by atoms with Gasteiger partial charge in [0, 0.05) is 24.3 Å². The number of ether oxygens (including phenoxy) is 1. The van der Waals surface area contributed by atoms with Gasteiger partial charge in [0.2, 0.25) is 0 Å². The number of nitrogens with zero attached hydrogens (tertiary/aromatic N) is 1. The van der Waals surface area contributed by atoms with Crippen LogP contribution in [0.1, 0.15) is 54.1 Å². The van der Waals surface area contributed by atoms with Crippen molar-refractivity contribution in [3.8, 4) is 11.1 Å². The Bertz CT molecular complexity index is 1260. The first kappa shape index (κ1) is 24.9. The van der Waals surface area contributed by atoms with Crippen LogP contribution in [0, 0.1) is 6.92 Å². The molecule has 0 atom stereocenters. The fourth-order valence-electron chi connectivity index (χ4n) is 4.83. The van der Waals surface area contributed by atoms with Crippen LogP contribution in [0.2, 0.25) is 0 Å². The van der Waals surface area contributed by atoms with Crippen LogP contribution >= 0.6 is 0 Å². The van der Waals surface area contributed by atoms with Crippen LogP contribution in [0.15, 0.2) is 72.8 Å². The third-order valence-electron chi connectivity index (χ3n) is 7.34. The number of hydrogen-bond acceptors (Lipinski definition) is 4. The number of anilines is 1. The molecule has 2 N–H and O–H groups in total. The number of benzene rings is 3. The largest absolute Gasteiger partial charge is 0.449 e. The molecule has 1 aliphatic carbocycles. The first-order valence-electron chi connectivity index (χ1n) is 13.2. The Morgan fingerprint density at radius 2 is 1.73 bits per heavy atom. The van der Waals surface area contributed by atoms with Gasteiger partial charge >= 0.3 is 6.09 Å². The van der Waals surface area contributed by atoms with E-state index in [1.54, 1.807) is 4.90 Å². The van der Waals surface area contributed by atoms with Crippen LogP contribution in [0.4, 0.5) is 10.5 Å². The second kappa shape index (κ2) is 10.7. The predicted octanol–water partition coefficient (Wildman–Crippen LogP) is 6.11. The summed E-state index contributed by atoms with van der Waals surface area (Å²) in [5.41, 5.74) is 5.65. The molecule has 3 aromatic carbocycles. The summed E-state index contributed by atoms with van der Waals surface area (Å²) in [6, 6.07) is 24.8. The molecule has 1 saturated heterocycles. The van der Waals surface area contributed by atoms with Crippen molar-refractivity contribution < 1.29 is 14.3 Å². The van der Waals surface area contributed by atoms with E-state index in [-0.39, 0.29) is 23.6 Å². The summed E-state index contributed by atoms with van der Waals surface area (Å²) in [4.78, 5) is 27.2. The molecule has 6 heteroatoms. The van der Waals surface area contributed by atoms with E-state index in [9.17, 15) is 9.59 Å². The molecule has 0 unspecified atom stereocenters. The van der Waals surface area contributed by atoms with Gasteiger partial charge < -0.3 is 20.3 Å². The molecule has 2 aliphatic rings. The quantitative estimate of drug-likeness (QED) is 0.350. The molecule has 2 fully saturated rings. The summed E-state index contributed by atoms with van der Waals surface area (Å²) >= 11 is 0. The molecule has 0 bridgehead atoms. The highest BCUT2D eigenvalue weighted by Gasteiger charge is 2.46. The van der Waals surface area contributed by atoms with Crippen molar-refractivity contribution >= 4 is 17.7 Å². The van der Waals surface area contributed by atoms with Gasteiger partial charge in [0.25, 0.3) is 5.91 Å². The highest BCUT2D eigenvalue weighted by atomic mass is 16.6. The molecule has 37 heavy (non-hydrogen) atoms. The van der Waals surface area contributed by atoms with Crippen LogP contribution in [0.5, 0.6) is 0 Å². The molecule has 3 aromatic rings. The molecule has 0 radical (unpaired) electrons. The number of rotatable bonds is 9. The zero-order chi connectivity index (χ0) is 25.8. The van der Waals surface area contributed by atoms with Crippen molar-refractivity contribution in [3.63, 3.8) is 0 Å². The van der Waals surface area contributed by atoms with Gasteiger partial charge in [-0.1, -0.05) is 67.9 Å². The lowest BCUT2D eigenvalue weighted by molar-refractivity contribution is 0.0748. The van der Waals surface area contributed by atoms with E-state index in [0.717, 1.165) is 48.1 Å². The van der Waals surface area contributed by atoms with Crippen LogP contribution in [0.3, 0.4) is 0 Å². The summed E-state index contributed by atoms with van der Waals surface area (Å²) < 4.78 is 5.28. The van der Waals surface area contributed by atoms with Gasteiger partial charge in [0.15, 0.2) is 0 Å². The number of aryl methyl sites for hydroxylation is 1. The summed E-state index contributed by atoms with van der Waals surface area (Å²) in [6.07, 6.45) is 3.50. The predicted molar refractivity (Wildman–Crippen MR) is 147 cm³/mol. The maximum Gasteiger partial charge on any atom is 0.409 e. The van der Waals surface area contributed by atoms with Crippen molar-refractivity contribution in [2.45, 2.75) is 51.1 Å². The van der Waals surface area contributed by atoms with Crippen molar-refractivity contribution in [3.05, 3.63) is 89.5 Å². The minimum atomic E-state index is -0.315. The average Bonchev–Trinajstić information content (AvgIpc) is 3.68. The average molecular weight is 498 g/mol. The number of amides is 2. The summed E-state index contributed by atoms with van der Waals surface area (Å²) in [6.45, 7) is 5.70. The molecule has 192 valence electrons. The summed E-state index contributed by atoms with van der Waals surface area (Å²) in [5, 5.41) is 6.80. The first-order valence-corrected chi connectivity index (χ1v) is 13.2. The topological polar surface area (TPSA) is 70.7 Å². The lowest BCUT2D eigenvalue weighted by Crippen LogP contribution is -2.57. The van der Waals surface area contributed by atoms with E-state index < -0.39 is 0 Å². The highest BCUT2D eigenvalue weighted by molar-refractivity contribution is 5.97. The standard InChI is InChI=1S/C31H35N3O3/c1-3-4-17-37-30(36)34-20-27(21-34)32-26-14-13-22(2)28(19-26)29(35)33-31(15-16-31)25-12-8-11-24(18-25)23-9-6-5-7-10-23/h5-14,18-19,27,32H,3-4,15-17,20-21H2,1-2H3,(H,33,35). The van der Waals surface area contributed by atoms with Crippen molar-refractivity contribution in [2.75, 3.05) is 25.0 Å². The van der Waals surface area contributed by atoms with Gasteiger partial charge in [-0.25, -0.2) is 4.79 Å². The summed E-state index contributed by atoms with van der Waals surface area (Å²) in [7, 11) is 0. The van der Waals surface area contributed by atoms with Crippen LogP contribution in [-0.2, 0) is 10.3 Å². The Hall–Kier alpha value is -3.80. The molecule has 1 aliphatic heterocycles. The molecule has 0 aromatic heterocycles. The third kappa shape index (κ3) is 5.63. The highest BCUT2D eigenvalue weighted by Crippen LogP contribution is 2.46. The van der Waals surface area contributed by atoms with Crippen molar-refractivity contribution in [1.82, 2.24) is 10.2 Å². The number of hydrogen-bond donors (Lipinski definition) is 2. The SMILES string of the molecule is CCCCOC(=O)N1CC(Nc2ccc(C)c(C(=O)NC3(c4cccc(-c5ccccc5)c4)CC3)c2)C1. The minimum Gasteiger partial charge on any atom is -0.449 e. The van der Waals surface area contributed by atoms with Crippen LogP contribution < -0.4 is 10.6 Å². The van der Waals surface area contributed by atoms with Gasteiger partial charge in [0.1, 0.15) is 0 Å². The van der Waals surface area contributed by atoms with Crippen molar-refractivity contribution in [1.29, 1.82) is 0 Å². The summed E-state index contributed by atoms with van der Waals surface area (Å²) in [5.74, 6) is -0.0569. The Kier molecular flexibility index (Phi) is 7.17. The zero-order valence-corrected chi connectivity index (χ0v) is 21.6. The number of unbranched alkanes of at least 4 members (excludes halogenated alkanes) is 1. The fraction of sp³-hybridized carbons (Fsp3) is 0.355. The third-order valence-corrected chi connectivity index (χ3v) is 7.34. The lowest BCUT2D eigenvalue weighted by Gasteiger charge is -2.39. The smallest absolute Gasteiger partial charge is 0.409 e. The van der Waals surface area contributed by atoms with Gasteiger partial charge in [-0.2, -0.15) is 0 Å². The van der Waals surface area contributed by atoms with E-state index in [1.807, 2.05) is 43.3 Å². The van der Waals surface area contributed by atoms with E-state index in [0.29, 0.717) is 25.3 Å². The van der Waals surface area contributed by atoms with E-state index in [1.165, 1.54) is 5.56 Å². The first-order chi connectivity index (χ1) is 18.0. The van der Waals surface area contributed by atoms with E-state index in [4.69, 9.17) is 4.74 Å². The molecule has 0 spiro atoms. The van der Waals surface area contributed by atoms with Crippen LogP contribution in [-0.4, -0.2) is 42.6 Å². The number of carbonyl (C=O) groups excluding carboxylic acids is 2. The Morgan fingerprint density at radius 3 is 2.46 bits per heavy atom. The van der Waals surface area contributed by atoms with Crippen molar-refractivity contribution in [2.24, 2.45) is 0 Å². The normalized spacial score (nSPS) is 16.0. The van der Waals surface area contributed by atoms with Gasteiger partial charge in [-0.15, -0.1) is 0 Å².